The first-order valence-electron chi connectivity index (χ1n) is 11.3. The maximum absolute atomic E-state index is 10.4. The van der Waals surface area contributed by atoms with Crippen molar-refractivity contribution in [3.63, 3.8) is 0 Å². The summed E-state index contributed by atoms with van der Waals surface area (Å²) in [4.78, 5) is 11.7. The number of amides is 1. The summed E-state index contributed by atoms with van der Waals surface area (Å²) >= 11 is 1.88. The standard InChI is InChI=1S/C25H32N4OS/c1-20(9-13-26-19-30)7-8-23-18-27-29-16-12-22(17-25(23)29)21-10-14-28(15-11-21)31-24-5-3-2-4-6-24/h2-6,12,16-21H,7-11,13-15H2,1H3,(H,26,30). The molecule has 1 unspecified atom stereocenters. The van der Waals surface area contributed by atoms with Crippen LogP contribution in [0.4, 0.5) is 0 Å². The molecule has 1 amide bonds. The Morgan fingerprint density at radius 1 is 1.19 bits per heavy atom. The summed E-state index contributed by atoms with van der Waals surface area (Å²) in [6, 6.07) is 15.3. The van der Waals surface area contributed by atoms with E-state index in [9.17, 15) is 4.79 Å². The molecule has 6 heteroatoms. The van der Waals surface area contributed by atoms with E-state index in [-0.39, 0.29) is 0 Å². The van der Waals surface area contributed by atoms with Crippen molar-refractivity contribution in [2.24, 2.45) is 5.92 Å². The van der Waals surface area contributed by atoms with Crippen LogP contribution in [0.2, 0.25) is 0 Å². The summed E-state index contributed by atoms with van der Waals surface area (Å²) in [6.45, 7) is 5.25. The third kappa shape index (κ3) is 5.89. The van der Waals surface area contributed by atoms with Crippen molar-refractivity contribution in [3.05, 3.63) is 66.0 Å². The quantitative estimate of drug-likeness (QED) is 0.278. The molecule has 4 rings (SSSR count). The van der Waals surface area contributed by atoms with Crippen LogP contribution in [-0.2, 0) is 11.2 Å². The Bertz CT molecular complexity index is 966. The predicted molar refractivity (Wildman–Crippen MR) is 127 cm³/mol. The molecule has 5 nitrogen and oxygen atoms in total. The molecule has 1 saturated heterocycles. The predicted octanol–water partition coefficient (Wildman–Crippen LogP) is 4.93. The average molecular weight is 437 g/mol. The van der Waals surface area contributed by atoms with Crippen LogP contribution in [0.1, 0.15) is 49.7 Å². The number of carbonyl (C=O) groups is 1. The minimum Gasteiger partial charge on any atom is -0.359 e. The van der Waals surface area contributed by atoms with Crippen molar-refractivity contribution in [3.8, 4) is 0 Å². The Kier molecular flexibility index (Phi) is 7.65. The minimum atomic E-state index is 0.581. The molecule has 164 valence electrons. The van der Waals surface area contributed by atoms with E-state index in [1.54, 1.807) is 0 Å². The van der Waals surface area contributed by atoms with Gasteiger partial charge in [-0.05, 0) is 91.3 Å². The largest absolute Gasteiger partial charge is 0.359 e. The van der Waals surface area contributed by atoms with E-state index >= 15 is 0 Å². The fourth-order valence-electron chi connectivity index (χ4n) is 4.34. The molecular weight excluding hydrogens is 404 g/mol. The highest BCUT2D eigenvalue weighted by molar-refractivity contribution is 7.97. The Morgan fingerprint density at radius 3 is 2.77 bits per heavy atom. The number of carbonyl (C=O) groups excluding carboxylic acids is 1. The zero-order chi connectivity index (χ0) is 21.5. The third-order valence-electron chi connectivity index (χ3n) is 6.30. The number of piperidine rings is 1. The lowest BCUT2D eigenvalue weighted by molar-refractivity contribution is -0.109. The summed E-state index contributed by atoms with van der Waals surface area (Å²) in [5, 5.41) is 7.32. The highest BCUT2D eigenvalue weighted by Crippen LogP contribution is 2.34. The smallest absolute Gasteiger partial charge is 0.207 e. The van der Waals surface area contributed by atoms with E-state index in [0.717, 1.165) is 45.3 Å². The summed E-state index contributed by atoms with van der Waals surface area (Å²) in [7, 11) is 0. The second-order valence-electron chi connectivity index (χ2n) is 8.57. The normalized spacial score (nSPS) is 16.4. The fraction of sp³-hybridized carbons (Fsp3) is 0.440. The summed E-state index contributed by atoms with van der Waals surface area (Å²) in [5.41, 5.74) is 4.02. The highest BCUT2D eigenvalue weighted by Gasteiger charge is 2.22. The number of pyridine rings is 1. The van der Waals surface area contributed by atoms with E-state index < -0.39 is 0 Å². The zero-order valence-electron chi connectivity index (χ0n) is 18.2. The number of fused-ring (bicyclic) bond motifs is 1. The number of nitrogens with one attached hydrogen (secondary N) is 1. The minimum absolute atomic E-state index is 0.581. The van der Waals surface area contributed by atoms with Crippen molar-refractivity contribution in [1.82, 2.24) is 19.2 Å². The number of aryl methyl sites for hydroxylation is 1. The van der Waals surface area contributed by atoms with Gasteiger partial charge in [0.25, 0.3) is 0 Å². The molecule has 2 aromatic heterocycles. The second-order valence-corrected chi connectivity index (χ2v) is 9.74. The molecule has 0 bridgehead atoms. The van der Waals surface area contributed by atoms with E-state index in [0.29, 0.717) is 11.8 Å². The molecule has 31 heavy (non-hydrogen) atoms. The first-order valence-corrected chi connectivity index (χ1v) is 12.1. The number of hydrogen-bond acceptors (Lipinski definition) is 4. The van der Waals surface area contributed by atoms with Crippen molar-refractivity contribution in [1.29, 1.82) is 0 Å². The Morgan fingerprint density at radius 2 is 2.00 bits per heavy atom. The SMILES string of the molecule is CC(CCNC=O)CCc1cnn2ccc(C3CCN(Sc4ccccc4)CC3)cc12. The van der Waals surface area contributed by atoms with Gasteiger partial charge in [0.1, 0.15) is 0 Å². The Hall–Kier alpha value is -2.31. The third-order valence-corrected chi connectivity index (χ3v) is 7.41. The maximum atomic E-state index is 10.4. The number of aromatic nitrogens is 2. The second kappa shape index (κ2) is 10.8. The molecule has 1 atom stereocenters. The fourth-order valence-corrected chi connectivity index (χ4v) is 5.31. The van der Waals surface area contributed by atoms with Crippen LogP contribution in [-0.4, -0.2) is 40.0 Å². The van der Waals surface area contributed by atoms with E-state index in [4.69, 9.17) is 0 Å². The molecular formula is C25H32N4OS. The molecule has 1 aromatic carbocycles. The van der Waals surface area contributed by atoms with Gasteiger partial charge in [-0.15, -0.1) is 0 Å². The molecule has 1 aliphatic rings. The maximum Gasteiger partial charge on any atom is 0.207 e. The van der Waals surface area contributed by atoms with Gasteiger partial charge < -0.3 is 5.32 Å². The van der Waals surface area contributed by atoms with Crippen LogP contribution in [0.15, 0.2) is 59.8 Å². The monoisotopic (exact) mass is 436 g/mol. The summed E-state index contributed by atoms with van der Waals surface area (Å²) in [5.74, 6) is 1.20. The van der Waals surface area contributed by atoms with Crippen LogP contribution in [0.5, 0.6) is 0 Å². The van der Waals surface area contributed by atoms with E-state index in [2.05, 4.69) is 70.3 Å². The van der Waals surface area contributed by atoms with Gasteiger partial charge in [0.2, 0.25) is 6.41 Å². The van der Waals surface area contributed by atoms with Gasteiger partial charge in [-0.25, -0.2) is 8.82 Å². The topological polar surface area (TPSA) is 49.6 Å². The molecule has 0 spiro atoms. The van der Waals surface area contributed by atoms with Gasteiger partial charge >= 0.3 is 0 Å². The highest BCUT2D eigenvalue weighted by atomic mass is 32.2. The van der Waals surface area contributed by atoms with Gasteiger partial charge in [0.05, 0.1) is 11.7 Å². The Labute approximate surface area is 189 Å². The van der Waals surface area contributed by atoms with Crippen molar-refractivity contribution in [2.75, 3.05) is 19.6 Å². The van der Waals surface area contributed by atoms with E-state index in [1.165, 1.54) is 34.4 Å². The lowest BCUT2D eigenvalue weighted by atomic mass is 9.90. The first kappa shape index (κ1) is 21.9. The summed E-state index contributed by atoms with van der Waals surface area (Å²) in [6.07, 6.45) is 10.5. The van der Waals surface area contributed by atoms with Crippen LogP contribution < -0.4 is 5.32 Å². The molecule has 1 fully saturated rings. The number of nitrogens with zero attached hydrogens (tertiary/aromatic N) is 3. The summed E-state index contributed by atoms with van der Waals surface area (Å²) < 4.78 is 4.51. The van der Waals surface area contributed by atoms with Crippen molar-refractivity contribution in [2.45, 2.75) is 49.8 Å². The number of rotatable bonds is 10. The van der Waals surface area contributed by atoms with Gasteiger partial charge in [-0.2, -0.15) is 5.10 Å². The average Bonchev–Trinajstić information content (AvgIpc) is 3.21. The molecule has 0 aliphatic carbocycles. The van der Waals surface area contributed by atoms with Crippen molar-refractivity contribution >= 4 is 23.9 Å². The Balaban J connectivity index is 1.34. The van der Waals surface area contributed by atoms with Crippen LogP contribution >= 0.6 is 11.9 Å². The van der Waals surface area contributed by atoms with Crippen molar-refractivity contribution < 1.29 is 4.79 Å². The molecule has 0 radical (unpaired) electrons. The number of benzene rings is 1. The lowest BCUT2D eigenvalue weighted by Crippen LogP contribution is -2.27. The van der Waals surface area contributed by atoms with E-state index in [1.807, 2.05) is 22.7 Å². The molecule has 0 saturated carbocycles. The van der Waals surface area contributed by atoms with Crippen LogP contribution in [0.25, 0.3) is 5.52 Å². The molecule has 3 heterocycles. The lowest BCUT2D eigenvalue weighted by Gasteiger charge is -2.31. The molecule has 3 aromatic rings. The van der Waals surface area contributed by atoms with Gasteiger partial charge in [0.15, 0.2) is 0 Å². The van der Waals surface area contributed by atoms with Gasteiger partial charge in [-0.3, -0.25) is 4.79 Å². The van der Waals surface area contributed by atoms with Gasteiger partial charge in [0, 0.05) is 30.7 Å². The number of hydrogen-bond donors (Lipinski definition) is 1. The first-order chi connectivity index (χ1) is 15.2. The van der Waals surface area contributed by atoms with Crippen LogP contribution in [0.3, 0.4) is 0 Å². The zero-order valence-corrected chi connectivity index (χ0v) is 19.1. The molecule has 1 N–H and O–H groups in total. The van der Waals surface area contributed by atoms with Crippen LogP contribution in [0, 0.1) is 5.92 Å². The van der Waals surface area contributed by atoms with Gasteiger partial charge in [-0.1, -0.05) is 25.1 Å². The molecule has 1 aliphatic heterocycles.